The second-order valence-corrected chi connectivity index (χ2v) is 8.15. The number of nitrogens with one attached hydrogen (secondary N) is 2. The monoisotopic (exact) mass is 389 g/mol. The minimum absolute atomic E-state index is 0.337. The number of aliphatic imine (C=N–C) groups is 1. The third kappa shape index (κ3) is 9.07. The number of benzene rings is 1. The van der Waals surface area contributed by atoms with E-state index in [2.05, 4.69) is 62.6 Å². The van der Waals surface area contributed by atoms with Gasteiger partial charge in [-0.15, -0.1) is 0 Å². The van der Waals surface area contributed by atoms with Gasteiger partial charge in [-0.25, -0.2) is 4.99 Å². The summed E-state index contributed by atoms with van der Waals surface area (Å²) in [5.74, 6) is 1.63. The van der Waals surface area contributed by atoms with Crippen molar-refractivity contribution in [2.75, 3.05) is 19.8 Å². The van der Waals surface area contributed by atoms with E-state index < -0.39 is 0 Å². The molecule has 1 unspecified atom stereocenters. The van der Waals surface area contributed by atoms with Crippen molar-refractivity contribution in [1.29, 1.82) is 0 Å². The van der Waals surface area contributed by atoms with Gasteiger partial charge in [0.25, 0.3) is 0 Å². The van der Waals surface area contributed by atoms with E-state index in [4.69, 9.17) is 14.5 Å². The SMILES string of the molecule is CCNC(=NCc1ccc(COC2CCOCC2)cc1)NC(C)CCC(C)C. The zero-order valence-electron chi connectivity index (χ0n) is 18.2. The molecule has 0 aromatic heterocycles. The molecule has 0 aliphatic carbocycles. The van der Waals surface area contributed by atoms with Gasteiger partial charge in [0.15, 0.2) is 5.96 Å². The lowest BCUT2D eigenvalue weighted by Crippen LogP contribution is -2.42. The van der Waals surface area contributed by atoms with Gasteiger partial charge in [-0.05, 0) is 56.6 Å². The topological polar surface area (TPSA) is 54.9 Å². The summed E-state index contributed by atoms with van der Waals surface area (Å²) >= 11 is 0. The standard InChI is InChI=1S/C23H39N3O2/c1-5-24-23(26-19(4)7-6-18(2)3)25-16-20-8-10-21(11-9-20)17-28-22-12-14-27-15-13-22/h8-11,18-19,22H,5-7,12-17H2,1-4H3,(H2,24,25,26). The Labute approximate surface area is 171 Å². The fourth-order valence-electron chi connectivity index (χ4n) is 3.18. The number of hydrogen-bond acceptors (Lipinski definition) is 3. The summed E-state index contributed by atoms with van der Waals surface area (Å²) in [4.78, 5) is 4.75. The highest BCUT2D eigenvalue weighted by atomic mass is 16.5. The zero-order valence-corrected chi connectivity index (χ0v) is 18.2. The Balaban J connectivity index is 1.80. The lowest BCUT2D eigenvalue weighted by Gasteiger charge is -2.22. The van der Waals surface area contributed by atoms with Crippen molar-refractivity contribution in [3.63, 3.8) is 0 Å². The molecule has 1 fully saturated rings. The first-order chi connectivity index (χ1) is 13.6. The molecule has 0 saturated carbocycles. The molecule has 1 atom stereocenters. The van der Waals surface area contributed by atoms with Crippen LogP contribution in [0.4, 0.5) is 0 Å². The summed E-state index contributed by atoms with van der Waals surface area (Å²) in [7, 11) is 0. The minimum atomic E-state index is 0.337. The Kier molecular flexibility index (Phi) is 10.4. The summed E-state index contributed by atoms with van der Waals surface area (Å²) in [5, 5.41) is 6.87. The number of nitrogens with zero attached hydrogens (tertiary/aromatic N) is 1. The molecule has 1 heterocycles. The molecule has 0 amide bonds. The number of hydrogen-bond donors (Lipinski definition) is 2. The molecule has 1 saturated heterocycles. The molecule has 0 radical (unpaired) electrons. The molecule has 158 valence electrons. The highest BCUT2D eigenvalue weighted by Crippen LogP contribution is 2.14. The Bertz CT molecular complexity index is 566. The van der Waals surface area contributed by atoms with Gasteiger partial charge in [-0.3, -0.25) is 0 Å². The number of ether oxygens (including phenoxy) is 2. The highest BCUT2D eigenvalue weighted by Gasteiger charge is 2.14. The van der Waals surface area contributed by atoms with Gasteiger partial charge in [0.2, 0.25) is 0 Å². The normalized spacial score (nSPS) is 17.0. The lowest BCUT2D eigenvalue weighted by atomic mass is 10.0. The van der Waals surface area contributed by atoms with Crippen LogP contribution in [0, 0.1) is 5.92 Å². The molecule has 2 rings (SSSR count). The second kappa shape index (κ2) is 12.8. The van der Waals surface area contributed by atoms with Gasteiger partial charge < -0.3 is 20.1 Å². The maximum atomic E-state index is 5.99. The minimum Gasteiger partial charge on any atom is -0.381 e. The molecule has 0 spiro atoms. The van der Waals surface area contributed by atoms with Gasteiger partial charge in [-0.1, -0.05) is 38.1 Å². The molecule has 5 heteroatoms. The zero-order chi connectivity index (χ0) is 20.2. The summed E-state index contributed by atoms with van der Waals surface area (Å²) in [6, 6.07) is 9.02. The van der Waals surface area contributed by atoms with Crippen LogP contribution >= 0.6 is 0 Å². The van der Waals surface area contributed by atoms with Gasteiger partial charge >= 0.3 is 0 Å². The maximum absolute atomic E-state index is 5.99. The summed E-state index contributed by atoms with van der Waals surface area (Å²) < 4.78 is 11.4. The van der Waals surface area contributed by atoms with E-state index in [0.29, 0.717) is 25.3 Å². The molecule has 0 bridgehead atoms. The van der Waals surface area contributed by atoms with E-state index in [1.54, 1.807) is 0 Å². The third-order valence-corrected chi connectivity index (χ3v) is 5.00. The predicted octanol–water partition coefficient (Wildman–Crippen LogP) is 4.26. The average molecular weight is 390 g/mol. The summed E-state index contributed by atoms with van der Waals surface area (Å²) in [5.41, 5.74) is 2.42. The first kappa shape index (κ1) is 22.7. The van der Waals surface area contributed by atoms with E-state index in [9.17, 15) is 0 Å². The fraction of sp³-hybridized carbons (Fsp3) is 0.696. The van der Waals surface area contributed by atoms with E-state index >= 15 is 0 Å². The van der Waals surface area contributed by atoms with E-state index in [1.165, 1.54) is 17.5 Å². The van der Waals surface area contributed by atoms with Gasteiger partial charge in [0.05, 0.1) is 19.3 Å². The van der Waals surface area contributed by atoms with Crippen molar-refractivity contribution in [2.24, 2.45) is 10.9 Å². The molecule has 2 N–H and O–H groups in total. The lowest BCUT2D eigenvalue weighted by molar-refractivity contribution is -0.0390. The summed E-state index contributed by atoms with van der Waals surface area (Å²) in [6.45, 7) is 12.7. The average Bonchev–Trinajstić information content (AvgIpc) is 2.70. The smallest absolute Gasteiger partial charge is 0.191 e. The molecule has 1 aliphatic rings. The van der Waals surface area contributed by atoms with Crippen molar-refractivity contribution in [3.8, 4) is 0 Å². The quantitative estimate of drug-likeness (QED) is 0.464. The van der Waals surface area contributed by atoms with Gasteiger partial charge in [-0.2, -0.15) is 0 Å². The molecule has 1 aromatic rings. The third-order valence-electron chi connectivity index (χ3n) is 5.00. The molecule has 5 nitrogen and oxygen atoms in total. The van der Waals surface area contributed by atoms with Crippen molar-refractivity contribution in [1.82, 2.24) is 10.6 Å². The van der Waals surface area contributed by atoms with Crippen LogP contribution < -0.4 is 10.6 Å². The fourth-order valence-corrected chi connectivity index (χ4v) is 3.18. The Hall–Kier alpha value is -1.59. The summed E-state index contributed by atoms with van der Waals surface area (Å²) in [6.07, 6.45) is 4.73. The Morgan fingerprint density at radius 1 is 1.11 bits per heavy atom. The second-order valence-electron chi connectivity index (χ2n) is 8.15. The van der Waals surface area contributed by atoms with Crippen molar-refractivity contribution < 1.29 is 9.47 Å². The Morgan fingerprint density at radius 3 is 2.43 bits per heavy atom. The van der Waals surface area contributed by atoms with E-state index in [0.717, 1.165) is 50.9 Å². The Morgan fingerprint density at radius 2 is 1.79 bits per heavy atom. The van der Waals surface area contributed by atoms with Crippen LogP contribution in [-0.2, 0) is 22.6 Å². The van der Waals surface area contributed by atoms with Crippen molar-refractivity contribution in [3.05, 3.63) is 35.4 Å². The van der Waals surface area contributed by atoms with Crippen LogP contribution in [-0.4, -0.2) is 37.9 Å². The first-order valence-electron chi connectivity index (χ1n) is 10.9. The van der Waals surface area contributed by atoms with Crippen LogP contribution in [0.3, 0.4) is 0 Å². The van der Waals surface area contributed by atoms with Gasteiger partial charge in [0, 0.05) is 25.8 Å². The van der Waals surface area contributed by atoms with Crippen LogP contribution in [0.25, 0.3) is 0 Å². The van der Waals surface area contributed by atoms with Crippen molar-refractivity contribution >= 4 is 5.96 Å². The van der Waals surface area contributed by atoms with Crippen LogP contribution in [0.2, 0.25) is 0 Å². The highest BCUT2D eigenvalue weighted by molar-refractivity contribution is 5.80. The maximum Gasteiger partial charge on any atom is 0.191 e. The molecular weight excluding hydrogens is 350 g/mol. The number of guanidine groups is 1. The number of rotatable bonds is 10. The molecule has 1 aliphatic heterocycles. The predicted molar refractivity (Wildman–Crippen MR) is 117 cm³/mol. The molecular formula is C23H39N3O2. The van der Waals surface area contributed by atoms with E-state index in [-0.39, 0.29) is 0 Å². The van der Waals surface area contributed by atoms with Crippen LogP contribution in [0.15, 0.2) is 29.3 Å². The molecule has 1 aromatic carbocycles. The van der Waals surface area contributed by atoms with Crippen molar-refractivity contribution in [2.45, 2.75) is 78.7 Å². The molecule has 28 heavy (non-hydrogen) atoms. The van der Waals surface area contributed by atoms with Gasteiger partial charge in [0.1, 0.15) is 0 Å². The van der Waals surface area contributed by atoms with Crippen LogP contribution in [0.1, 0.15) is 64.5 Å². The van der Waals surface area contributed by atoms with Crippen LogP contribution in [0.5, 0.6) is 0 Å². The first-order valence-corrected chi connectivity index (χ1v) is 10.9. The van der Waals surface area contributed by atoms with E-state index in [1.807, 2.05) is 0 Å². The largest absolute Gasteiger partial charge is 0.381 e.